The zero-order chi connectivity index (χ0) is 13.6. The summed E-state index contributed by atoms with van der Waals surface area (Å²) in [7, 11) is 0. The maximum atomic E-state index is 4.82. The van der Waals surface area contributed by atoms with Crippen molar-refractivity contribution in [3.63, 3.8) is 0 Å². The largest absolute Gasteiger partial charge is 0.356 e. The molecule has 4 heteroatoms. The van der Waals surface area contributed by atoms with Crippen LogP contribution in [0.1, 0.15) is 63.1 Å². The first-order chi connectivity index (χ1) is 9.74. The van der Waals surface area contributed by atoms with Crippen molar-refractivity contribution < 1.29 is 0 Å². The van der Waals surface area contributed by atoms with Crippen molar-refractivity contribution in [2.24, 2.45) is 5.41 Å². The van der Waals surface area contributed by atoms with Gasteiger partial charge in [-0.1, -0.05) is 12.8 Å². The van der Waals surface area contributed by atoms with Crippen molar-refractivity contribution in [3.8, 4) is 0 Å². The van der Waals surface area contributed by atoms with E-state index in [1.54, 1.807) is 0 Å². The molecule has 1 aliphatic heterocycles. The third kappa shape index (κ3) is 2.47. The number of halogens is 1. The smallest absolute Gasteiger partial charge is 0.135 e. The van der Waals surface area contributed by atoms with E-state index in [4.69, 9.17) is 4.98 Å². The molecular weight excluding hydrogens is 314 g/mol. The zero-order valence-corrected chi connectivity index (χ0v) is 13.5. The van der Waals surface area contributed by atoms with Gasteiger partial charge in [-0.05, 0) is 59.9 Å². The van der Waals surface area contributed by atoms with Gasteiger partial charge >= 0.3 is 0 Å². The van der Waals surface area contributed by atoms with Crippen molar-refractivity contribution in [1.29, 1.82) is 0 Å². The van der Waals surface area contributed by atoms with E-state index in [2.05, 4.69) is 31.9 Å². The van der Waals surface area contributed by atoms with Crippen LogP contribution in [0.15, 0.2) is 10.7 Å². The summed E-state index contributed by atoms with van der Waals surface area (Å²) >= 11 is 3.56. The molecule has 2 saturated carbocycles. The SMILES string of the molecule is Brc1cc(N2CCC3(CCCC3)CC2)nc(C2CC2)n1. The minimum atomic E-state index is 0.622. The fourth-order valence-corrected chi connectivity index (χ4v) is 4.33. The van der Waals surface area contributed by atoms with Gasteiger partial charge in [0.05, 0.1) is 0 Å². The lowest BCUT2D eigenvalue weighted by Crippen LogP contribution is -2.39. The van der Waals surface area contributed by atoms with E-state index in [9.17, 15) is 0 Å². The lowest BCUT2D eigenvalue weighted by molar-refractivity contribution is 0.226. The highest BCUT2D eigenvalue weighted by Gasteiger charge is 2.37. The van der Waals surface area contributed by atoms with Crippen LogP contribution in [0.4, 0.5) is 5.82 Å². The lowest BCUT2D eigenvalue weighted by Gasteiger charge is -2.40. The first-order valence-electron chi connectivity index (χ1n) is 8.04. The van der Waals surface area contributed by atoms with Crippen LogP contribution in [0.3, 0.4) is 0 Å². The topological polar surface area (TPSA) is 29.0 Å². The third-order valence-electron chi connectivity index (χ3n) is 5.45. The highest BCUT2D eigenvalue weighted by molar-refractivity contribution is 9.10. The number of rotatable bonds is 2. The highest BCUT2D eigenvalue weighted by Crippen LogP contribution is 2.46. The number of hydrogen-bond acceptors (Lipinski definition) is 3. The summed E-state index contributed by atoms with van der Waals surface area (Å²) < 4.78 is 0.950. The van der Waals surface area contributed by atoms with Gasteiger partial charge in [-0.25, -0.2) is 9.97 Å². The van der Waals surface area contributed by atoms with E-state index >= 15 is 0 Å². The summed E-state index contributed by atoms with van der Waals surface area (Å²) in [4.78, 5) is 11.8. The second-order valence-electron chi connectivity index (χ2n) is 6.88. The monoisotopic (exact) mass is 335 g/mol. The average molecular weight is 336 g/mol. The molecule has 0 aromatic carbocycles. The Labute approximate surface area is 129 Å². The van der Waals surface area contributed by atoms with Gasteiger partial charge in [0.2, 0.25) is 0 Å². The molecule has 20 heavy (non-hydrogen) atoms. The molecule has 108 valence electrons. The number of anilines is 1. The van der Waals surface area contributed by atoms with Crippen LogP contribution < -0.4 is 4.90 Å². The second kappa shape index (κ2) is 4.97. The molecule has 0 bridgehead atoms. The molecule has 0 unspecified atom stereocenters. The molecule has 1 aromatic heterocycles. The molecule has 0 N–H and O–H groups in total. The van der Waals surface area contributed by atoms with Gasteiger partial charge in [-0.2, -0.15) is 0 Å². The van der Waals surface area contributed by atoms with Gasteiger partial charge in [0.25, 0.3) is 0 Å². The lowest BCUT2D eigenvalue weighted by atomic mass is 9.77. The molecule has 1 spiro atoms. The summed E-state index contributed by atoms with van der Waals surface area (Å²) in [6, 6.07) is 2.10. The van der Waals surface area contributed by atoms with Crippen LogP contribution in [-0.2, 0) is 0 Å². The molecule has 3 aliphatic rings. The van der Waals surface area contributed by atoms with Crippen LogP contribution >= 0.6 is 15.9 Å². The number of aromatic nitrogens is 2. The average Bonchev–Trinajstić information content (AvgIpc) is 3.22. The Bertz CT molecular complexity index is 496. The number of hydrogen-bond donors (Lipinski definition) is 0. The molecular formula is C16H22BrN3. The molecule has 0 atom stereocenters. The van der Waals surface area contributed by atoms with Gasteiger partial charge in [-0.3, -0.25) is 0 Å². The molecule has 3 fully saturated rings. The molecule has 2 aliphatic carbocycles. The van der Waals surface area contributed by atoms with E-state index in [0.717, 1.165) is 16.2 Å². The Hall–Kier alpha value is -0.640. The Morgan fingerprint density at radius 2 is 1.75 bits per heavy atom. The minimum absolute atomic E-state index is 0.622. The Morgan fingerprint density at radius 3 is 2.40 bits per heavy atom. The molecule has 1 aromatic rings. The Kier molecular flexibility index (Phi) is 3.24. The summed E-state index contributed by atoms with van der Waals surface area (Å²) in [5, 5.41) is 0. The van der Waals surface area contributed by atoms with Crippen LogP contribution in [-0.4, -0.2) is 23.1 Å². The van der Waals surface area contributed by atoms with Gasteiger partial charge in [0.15, 0.2) is 0 Å². The van der Waals surface area contributed by atoms with E-state index in [-0.39, 0.29) is 0 Å². The molecule has 2 heterocycles. The van der Waals surface area contributed by atoms with Crippen LogP contribution in [0, 0.1) is 5.41 Å². The summed E-state index contributed by atoms with van der Waals surface area (Å²) in [6.07, 6.45) is 11.1. The maximum Gasteiger partial charge on any atom is 0.135 e. The van der Waals surface area contributed by atoms with Crippen LogP contribution in [0.2, 0.25) is 0 Å². The second-order valence-corrected chi connectivity index (χ2v) is 7.69. The molecule has 1 saturated heterocycles. The van der Waals surface area contributed by atoms with Crippen LogP contribution in [0.25, 0.3) is 0 Å². The van der Waals surface area contributed by atoms with Crippen molar-refractivity contribution in [3.05, 3.63) is 16.5 Å². The number of piperidine rings is 1. The Morgan fingerprint density at radius 1 is 1.05 bits per heavy atom. The molecule has 3 nitrogen and oxygen atoms in total. The van der Waals surface area contributed by atoms with Gasteiger partial charge in [-0.15, -0.1) is 0 Å². The predicted molar refractivity (Wildman–Crippen MR) is 84.1 cm³/mol. The quantitative estimate of drug-likeness (QED) is 0.755. The predicted octanol–water partition coefficient (Wildman–Crippen LogP) is 4.28. The van der Waals surface area contributed by atoms with Crippen molar-refractivity contribution >= 4 is 21.7 Å². The fourth-order valence-electron chi connectivity index (χ4n) is 3.94. The van der Waals surface area contributed by atoms with Gasteiger partial charge in [0.1, 0.15) is 16.2 Å². The van der Waals surface area contributed by atoms with Gasteiger partial charge < -0.3 is 4.90 Å². The molecule has 0 radical (unpaired) electrons. The standard InChI is InChI=1S/C16H22BrN3/c17-13-11-14(19-15(18-13)12-3-4-12)20-9-7-16(8-10-20)5-1-2-6-16/h11-12H,1-10H2. The summed E-state index contributed by atoms with van der Waals surface area (Å²) in [5.74, 6) is 2.81. The zero-order valence-electron chi connectivity index (χ0n) is 11.9. The fraction of sp³-hybridized carbons (Fsp3) is 0.750. The number of nitrogens with zero attached hydrogens (tertiary/aromatic N) is 3. The molecule has 0 amide bonds. The van der Waals surface area contributed by atoms with E-state index in [1.165, 1.54) is 64.5 Å². The van der Waals surface area contributed by atoms with Crippen molar-refractivity contribution in [2.45, 2.75) is 57.3 Å². The van der Waals surface area contributed by atoms with E-state index < -0.39 is 0 Å². The molecule has 4 rings (SSSR count). The van der Waals surface area contributed by atoms with Crippen molar-refractivity contribution in [2.75, 3.05) is 18.0 Å². The third-order valence-corrected chi connectivity index (χ3v) is 5.86. The Balaban J connectivity index is 1.51. The maximum absolute atomic E-state index is 4.82. The summed E-state index contributed by atoms with van der Waals surface area (Å²) in [6.45, 7) is 2.35. The first kappa shape index (κ1) is 13.1. The normalized spacial score (nSPS) is 25.4. The van der Waals surface area contributed by atoms with Crippen molar-refractivity contribution in [1.82, 2.24) is 9.97 Å². The summed E-state index contributed by atoms with van der Waals surface area (Å²) in [5.41, 5.74) is 0.681. The van der Waals surface area contributed by atoms with Crippen LogP contribution in [0.5, 0.6) is 0 Å². The highest BCUT2D eigenvalue weighted by atomic mass is 79.9. The minimum Gasteiger partial charge on any atom is -0.356 e. The van der Waals surface area contributed by atoms with E-state index in [0.29, 0.717) is 11.3 Å². The van der Waals surface area contributed by atoms with Gasteiger partial charge in [0, 0.05) is 25.1 Å². The first-order valence-corrected chi connectivity index (χ1v) is 8.83. The van der Waals surface area contributed by atoms with E-state index in [1.807, 2.05) is 0 Å².